The summed E-state index contributed by atoms with van der Waals surface area (Å²) in [7, 11) is 0. The Labute approximate surface area is 225 Å². The summed E-state index contributed by atoms with van der Waals surface area (Å²) < 4.78 is 12.1. The number of morpholine rings is 1. The minimum Gasteiger partial charge on any atom is -0.488 e. The Hall–Kier alpha value is -2.84. The first-order valence-electron chi connectivity index (χ1n) is 14.6. The van der Waals surface area contributed by atoms with E-state index in [4.69, 9.17) is 19.4 Å². The van der Waals surface area contributed by atoms with Crippen molar-refractivity contribution in [1.29, 1.82) is 0 Å². The first-order chi connectivity index (χ1) is 18.8. The molecule has 0 unspecified atom stereocenters. The van der Waals surface area contributed by atoms with Crippen molar-refractivity contribution in [2.24, 2.45) is 5.92 Å². The fourth-order valence-electron chi connectivity index (χ4n) is 6.10. The van der Waals surface area contributed by atoms with Crippen molar-refractivity contribution in [3.63, 3.8) is 0 Å². The van der Waals surface area contributed by atoms with E-state index in [0.717, 1.165) is 99.7 Å². The van der Waals surface area contributed by atoms with Gasteiger partial charge in [-0.2, -0.15) is 0 Å². The molecule has 0 amide bonds. The number of nitrogens with zero attached hydrogens (tertiary/aromatic N) is 6. The van der Waals surface area contributed by atoms with Crippen LogP contribution in [-0.4, -0.2) is 76.9 Å². The lowest BCUT2D eigenvalue weighted by Gasteiger charge is -2.31. The molecule has 1 aliphatic carbocycles. The standard InChI is InChI=1S/C30H40N6O2/c1-2-11-35(12-3-1)13-8-24-21-33-29(34-22-24)18-23-4-6-26(7-5-23)38-28-20-25(36-14-16-37-17-15-36)19-27-30(28)32-10-9-31-27/h9-10,19-23,26H,1-8,11-18H2. The molecule has 38 heavy (non-hydrogen) atoms. The molecule has 8 nitrogen and oxygen atoms in total. The van der Waals surface area contributed by atoms with Gasteiger partial charge in [0.25, 0.3) is 0 Å². The normalized spacial score (nSPS) is 23.0. The van der Waals surface area contributed by atoms with Crippen molar-refractivity contribution in [1.82, 2.24) is 24.8 Å². The van der Waals surface area contributed by atoms with Crippen molar-refractivity contribution in [3.05, 3.63) is 48.3 Å². The zero-order valence-electron chi connectivity index (χ0n) is 22.4. The SMILES string of the molecule is c1cnc2c(OC3CCC(Cc4ncc(CCN5CCCCC5)cn4)CC3)cc(N3CCOCC3)cc2n1. The highest BCUT2D eigenvalue weighted by Gasteiger charge is 2.25. The summed E-state index contributed by atoms with van der Waals surface area (Å²) in [6.45, 7) is 6.90. The topological polar surface area (TPSA) is 76.5 Å². The lowest BCUT2D eigenvalue weighted by atomic mass is 9.85. The number of hydrogen-bond acceptors (Lipinski definition) is 8. The van der Waals surface area contributed by atoms with Crippen LogP contribution < -0.4 is 9.64 Å². The van der Waals surface area contributed by atoms with E-state index in [1.165, 1.54) is 37.9 Å². The Morgan fingerprint density at radius 2 is 1.61 bits per heavy atom. The van der Waals surface area contributed by atoms with E-state index in [1.807, 2.05) is 0 Å². The maximum atomic E-state index is 6.60. The van der Waals surface area contributed by atoms with Gasteiger partial charge in [0.15, 0.2) is 0 Å². The molecular formula is C30H40N6O2. The van der Waals surface area contributed by atoms with E-state index in [2.05, 4.69) is 44.3 Å². The van der Waals surface area contributed by atoms with Crippen LogP contribution in [0.2, 0.25) is 0 Å². The Kier molecular flexibility index (Phi) is 8.26. The van der Waals surface area contributed by atoms with E-state index < -0.39 is 0 Å². The number of fused-ring (bicyclic) bond motifs is 1. The molecule has 1 aromatic carbocycles. The van der Waals surface area contributed by atoms with Gasteiger partial charge in [-0.1, -0.05) is 6.42 Å². The predicted molar refractivity (Wildman–Crippen MR) is 149 cm³/mol. The van der Waals surface area contributed by atoms with Crippen LogP contribution in [0, 0.1) is 5.92 Å². The zero-order valence-corrected chi connectivity index (χ0v) is 22.4. The van der Waals surface area contributed by atoms with E-state index in [1.54, 1.807) is 12.4 Å². The molecule has 1 saturated carbocycles. The maximum Gasteiger partial charge on any atom is 0.149 e. The van der Waals surface area contributed by atoms with E-state index in [-0.39, 0.29) is 6.10 Å². The van der Waals surface area contributed by atoms with E-state index in [9.17, 15) is 0 Å². The molecule has 6 rings (SSSR count). The van der Waals surface area contributed by atoms with Crippen LogP contribution in [0.25, 0.3) is 11.0 Å². The van der Waals surface area contributed by atoms with Gasteiger partial charge in [0.1, 0.15) is 17.1 Å². The summed E-state index contributed by atoms with van der Waals surface area (Å²) in [6.07, 6.45) is 18.2. The molecule has 3 fully saturated rings. The molecule has 4 heterocycles. The number of hydrogen-bond donors (Lipinski definition) is 0. The fraction of sp³-hybridized carbons (Fsp3) is 0.600. The fourth-order valence-corrected chi connectivity index (χ4v) is 6.10. The van der Waals surface area contributed by atoms with Crippen LogP contribution in [0.5, 0.6) is 5.75 Å². The third kappa shape index (κ3) is 6.41. The van der Waals surface area contributed by atoms with Crippen molar-refractivity contribution < 1.29 is 9.47 Å². The first kappa shape index (κ1) is 25.4. The monoisotopic (exact) mass is 516 g/mol. The van der Waals surface area contributed by atoms with E-state index in [0.29, 0.717) is 5.92 Å². The summed E-state index contributed by atoms with van der Waals surface area (Å²) in [5.41, 5.74) is 4.13. The van der Waals surface area contributed by atoms with Crippen LogP contribution in [-0.2, 0) is 17.6 Å². The van der Waals surface area contributed by atoms with Gasteiger partial charge in [0.2, 0.25) is 0 Å². The Morgan fingerprint density at radius 3 is 2.39 bits per heavy atom. The summed E-state index contributed by atoms with van der Waals surface area (Å²) in [6, 6.07) is 4.27. The summed E-state index contributed by atoms with van der Waals surface area (Å²) in [5.74, 6) is 2.45. The van der Waals surface area contributed by atoms with Crippen molar-refractivity contribution in [2.75, 3.05) is 50.8 Å². The second-order valence-electron chi connectivity index (χ2n) is 11.1. The smallest absolute Gasteiger partial charge is 0.149 e. The second-order valence-corrected chi connectivity index (χ2v) is 11.1. The summed E-state index contributed by atoms with van der Waals surface area (Å²) >= 11 is 0. The lowest BCUT2D eigenvalue weighted by molar-refractivity contribution is 0.122. The number of benzene rings is 1. The highest BCUT2D eigenvalue weighted by atomic mass is 16.5. The van der Waals surface area contributed by atoms with Crippen LogP contribution in [0.1, 0.15) is 56.3 Å². The Bertz CT molecular complexity index is 1170. The first-order valence-corrected chi connectivity index (χ1v) is 14.6. The average molecular weight is 517 g/mol. The van der Waals surface area contributed by atoms with Gasteiger partial charge >= 0.3 is 0 Å². The molecule has 3 aliphatic rings. The third-order valence-corrected chi connectivity index (χ3v) is 8.38. The molecule has 0 atom stereocenters. The number of rotatable bonds is 8. The molecule has 8 heteroatoms. The molecule has 0 bridgehead atoms. The average Bonchev–Trinajstić information content (AvgIpc) is 2.99. The quantitative estimate of drug-likeness (QED) is 0.434. The lowest BCUT2D eigenvalue weighted by Crippen LogP contribution is -2.36. The third-order valence-electron chi connectivity index (χ3n) is 8.38. The molecule has 0 radical (unpaired) electrons. The predicted octanol–water partition coefficient (Wildman–Crippen LogP) is 4.47. The largest absolute Gasteiger partial charge is 0.488 e. The number of aromatic nitrogens is 4. The van der Waals surface area contributed by atoms with Gasteiger partial charge in [0, 0.05) is 62.6 Å². The van der Waals surface area contributed by atoms with Crippen LogP contribution >= 0.6 is 0 Å². The van der Waals surface area contributed by atoms with Crippen LogP contribution in [0.15, 0.2) is 36.9 Å². The maximum absolute atomic E-state index is 6.60. The van der Waals surface area contributed by atoms with Crippen molar-refractivity contribution in [3.8, 4) is 5.75 Å². The molecule has 0 N–H and O–H groups in total. The summed E-state index contributed by atoms with van der Waals surface area (Å²) in [5, 5.41) is 0. The highest BCUT2D eigenvalue weighted by Crippen LogP contribution is 2.34. The van der Waals surface area contributed by atoms with Crippen molar-refractivity contribution >= 4 is 16.7 Å². The molecule has 2 saturated heterocycles. The Balaban J connectivity index is 1.02. The molecule has 0 spiro atoms. The van der Waals surface area contributed by atoms with Crippen LogP contribution in [0.4, 0.5) is 5.69 Å². The van der Waals surface area contributed by atoms with E-state index >= 15 is 0 Å². The number of ether oxygens (including phenoxy) is 2. The molecule has 202 valence electrons. The van der Waals surface area contributed by atoms with Gasteiger partial charge in [-0.15, -0.1) is 0 Å². The Morgan fingerprint density at radius 1 is 0.842 bits per heavy atom. The molecule has 3 aromatic rings. The highest BCUT2D eigenvalue weighted by molar-refractivity contribution is 5.85. The number of likely N-dealkylation sites (tertiary alicyclic amines) is 1. The second kappa shape index (κ2) is 12.3. The molecular weight excluding hydrogens is 476 g/mol. The van der Waals surface area contributed by atoms with Gasteiger partial charge in [-0.25, -0.2) is 15.0 Å². The van der Waals surface area contributed by atoms with Crippen molar-refractivity contribution in [2.45, 2.75) is 63.9 Å². The van der Waals surface area contributed by atoms with Gasteiger partial charge < -0.3 is 19.3 Å². The minimum absolute atomic E-state index is 0.203. The van der Waals surface area contributed by atoms with Gasteiger partial charge in [-0.05, 0) is 75.6 Å². The zero-order chi connectivity index (χ0) is 25.6. The summed E-state index contributed by atoms with van der Waals surface area (Å²) in [4.78, 5) is 23.5. The minimum atomic E-state index is 0.203. The van der Waals surface area contributed by atoms with Gasteiger partial charge in [0.05, 0.1) is 24.8 Å². The molecule has 2 aliphatic heterocycles. The van der Waals surface area contributed by atoms with Crippen LogP contribution in [0.3, 0.4) is 0 Å². The van der Waals surface area contributed by atoms with Gasteiger partial charge in [-0.3, -0.25) is 4.98 Å². The number of anilines is 1. The number of piperidine rings is 1. The molecule has 2 aromatic heterocycles.